The Morgan fingerprint density at radius 1 is 0.600 bits per heavy atom. The minimum Gasteiger partial charge on any atom is -0.386 e. The summed E-state index contributed by atoms with van der Waals surface area (Å²) in [4.78, 5) is 53.5. The maximum Gasteiger partial charge on any atom is 0.346 e. The predicted molar refractivity (Wildman–Crippen MR) is 135 cm³/mol. The Hall–Kier alpha value is -3.02. The van der Waals surface area contributed by atoms with Crippen molar-refractivity contribution in [1.29, 1.82) is 0 Å². The van der Waals surface area contributed by atoms with Crippen LogP contribution in [0, 0.1) is 0 Å². The van der Waals surface area contributed by atoms with Gasteiger partial charge < -0.3 is 4.74 Å². The molecule has 6 nitrogen and oxygen atoms in total. The van der Waals surface area contributed by atoms with Crippen LogP contribution in [0.5, 0.6) is 0 Å². The lowest BCUT2D eigenvalue weighted by molar-refractivity contribution is 0.0387. The van der Waals surface area contributed by atoms with Crippen molar-refractivity contribution in [2.24, 2.45) is 0 Å². The molecule has 0 fully saturated rings. The van der Waals surface area contributed by atoms with Gasteiger partial charge in [-0.15, -0.1) is 0 Å². The standard InChI is InChI=1S/C29H35NO5/c1-3-5-7-9-11-13-19(14-12-10-8-6-4-2)30-26(31)20-15-17-22-25-23(29(34)35-28(22)33)18-16-21(24(20)25)27(30)32/h15-19H,3-14H2,1-2H3. The summed E-state index contributed by atoms with van der Waals surface area (Å²) in [7, 11) is 0. The molecule has 0 radical (unpaired) electrons. The van der Waals surface area contributed by atoms with Crippen molar-refractivity contribution in [2.45, 2.75) is 96.9 Å². The van der Waals surface area contributed by atoms with Gasteiger partial charge in [0.15, 0.2) is 0 Å². The van der Waals surface area contributed by atoms with Crippen molar-refractivity contribution >= 4 is 34.5 Å². The van der Waals surface area contributed by atoms with Gasteiger partial charge in [-0.2, -0.15) is 0 Å². The largest absolute Gasteiger partial charge is 0.386 e. The molecule has 0 saturated heterocycles. The first-order chi connectivity index (χ1) is 17.0. The number of hydrogen-bond acceptors (Lipinski definition) is 5. The van der Waals surface area contributed by atoms with Crippen LogP contribution in [0.1, 0.15) is 132 Å². The lowest BCUT2D eigenvalue weighted by Crippen LogP contribution is -2.47. The van der Waals surface area contributed by atoms with E-state index in [-0.39, 0.29) is 29.0 Å². The predicted octanol–water partition coefficient (Wildman–Crippen LogP) is 6.84. The smallest absolute Gasteiger partial charge is 0.346 e. The van der Waals surface area contributed by atoms with E-state index < -0.39 is 11.9 Å². The van der Waals surface area contributed by atoms with Gasteiger partial charge in [-0.1, -0.05) is 78.1 Å². The van der Waals surface area contributed by atoms with E-state index in [9.17, 15) is 19.2 Å². The van der Waals surface area contributed by atoms with Crippen LogP contribution in [0.2, 0.25) is 0 Å². The van der Waals surface area contributed by atoms with Crippen LogP contribution in [0.25, 0.3) is 10.8 Å². The average Bonchev–Trinajstić information content (AvgIpc) is 2.85. The second-order valence-corrected chi connectivity index (χ2v) is 9.79. The zero-order chi connectivity index (χ0) is 24.9. The second-order valence-electron chi connectivity index (χ2n) is 9.79. The SMILES string of the molecule is CCCCCCCC(CCCCCCC)N1C(=O)c2ccc3c4c(ccc(c24)C1=O)C(=O)OC3=O. The molecule has 2 aliphatic heterocycles. The summed E-state index contributed by atoms with van der Waals surface area (Å²) >= 11 is 0. The highest BCUT2D eigenvalue weighted by atomic mass is 16.6. The first-order valence-electron chi connectivity index (χ1n) is 13.2. The van der Waals surface area contributed by atoms with E-state index in [2.05, 4.69) is 13.8 Å². The molecule has 0 bridgehead atoms. The summed E-state index contributed by atoms with van der Waals surface area (Å²) < 4.78 is 4.83. The molecule has 0 N–H and O–H groups in total. The molecule has 2 aromatic rings. The number of ether oxygens (including phenoxy) is 1. The van der Waals surface area contributed by atoms with E-state index in [4.69, 9.17) is 4.74 Å². The van der Waals surface area contributed by atoms with Crippen LogP contribution < -0.4 is 0 Å². The Balaban J connectivity index is 1.65. The van der Waals surface area contributed by atoms with Gasteiger partial charge in [-0.25, -0.2) is 9.59 Å². The fourth-order valence-electron chi connectivity index (χ4n) is 5.44. The van der Waals surface area contributed by atoms with Crippen LogP contribution in [0.3, 0.4) is 0 Å². The first-order valence-corrected chi connectivity index (χ1v) is 13.2. The molecule has 0 aromatic heterocycles. The monoisotopic (exact) mass is 477 g/mol. The first kappa shape index (κ1) is 25.1. The molecule has 0 aliphatic carbocycles. The highest BCUT2D eigenvalue weighted by Crippen LogP contribution is 2.38. The van der Waals surface area contributed by atoms with E-state index in [0.717, 1.165) is 38.5 Å². The minimum atomic E-state index is -0.745. The summed E-state index contributed by atoms with van der Waals surface area (Å²) in [6.07, 6.45) is 12.8. The molecule has 0 spiro atoms. The fraction of sp³-hybridized carbons (Fsp3) is 0.517. The van der Waals surface area contributed by atoms with Gasteiger partial charge in [0.25, 0.3) is 11.8 Å². The Morgan fingerprint density at radius 3 is 1.46 bits per heavy atom. The van der Waals surface area contributed by atoms with E-state index in [0.29, 0.717) is 21.9 Å². The van der Waals surface area contributed by atoms with Gasteiger partial charge in [0, 0.05) is 27.9 Å². The normalized spacial score (nSPS) is 14.9. The molecule has 2 aromatic carbocycles. The summed E-state index contributed by atoms with van der Waals surface area (Å²) in [5.74, 6) is -2.15. The third kappa shape index (κ3) is 4.89. The summed E-state index contributed by atoms with van der Waals surface area (Å²) in [5, 5.41) is 0.763. The van der Waals surface area contributed by atoms with E-state index >= 15 is 0 Å². The lowest BCUT2D eigenvalue weighted by atomic mass is 9.86. The zero-order valence-corrected chi connectivity index (χ0v) is 20.9. The zero-order valence-electron chi connectivity index (χ0n) is 20.9. The molecule has 0 unspecified atom stereocenters. The quantitative estimate of drug-likeness (QED) is 0.137. The van der Waals surface area contributed by atoms with Crippen molar-refractivity contribution < 1.29 is 23.9 Å². The lowest BCUT2D eigenvalue weighted by Gasteiger charge is -2.35. The Labute approximate surface area is 207 Å². The topological polar surface area (TPSA) is 80.8 Å². The van der Waals surface area contributed by atoms with E-state index in [1.54, 1.807) is 12.1 Å². The number of imide groups is 1. The van der Waals surface area contributed by atoms with Gasteiger partial charge >= 0.3 is 11.9 Å². The van der Waals surface area contributed by atoms with Crippen LogP contribution in [0.15, 0.2) is 24.3 Å². The Kier molecular flexibility index (Phi) is 7.99. The molecule has 35 heavy (non-hydrogen) atoms. The molecule has 6 heteroatoms. The minimum absolute atomic E-state index is 0.152. The number of amides is 2. The van der Waals surface area contributed by atoms with Crippen LogP contribution in [-0.2, 0) is 4.74 Å². The fourth-order valence-corrected chi connectivity index (χ4v) is 5.44. The van der Waals surface area contributed by atoms with Gasteiger partial charge in [-0.05, 0) is 37.1 Å². The second kappa shape index (κ2) is 11.1. The van der Waals surface area contributed by atoms with Crippen molar-refractivity contribution in [3.05, 3.63) is 46.5 Å². The number of benzene rings is 2. The van der Waals surface area contributed by atoms with Crippen molar-refractivity contribution in [2.75, 3.05) is 0 Å². The van der Waals surface area contributed by atoms with Gasteiger partial charge in [0.2, 0.25) is 0 Å². The van der Waals surface area contributed by atoms with E-state index in [1.807, 2.05) is 0 Å². The highest BCUT2D eigenvalue weighted by Gasteiger charge is 2.40. The van der Waals surface area contributed by atoms with Crippen molar-refractivity contribution in [3.63, 3.8) is 0 Å². The number of carbonyl (C=O) groups is 4. The number of hydrogen-bond donors (Lipinski definition) is 0. The molecule has 2 aliphatic rings. The molecule has 4 rings (SSSR count). The Bertz CT molecular complexity index is 1070. The van der Waals surface area contributed by atoms with Crippen LogP contribution >= 0.6 is 0 Å². The molecular formula is C29H35NO5. The molecule has 186 valence electrons. The number of carbonyl (C=O) groups excluding carboxylic acids is 4. The molecule has 0 saturated carbocycles. The van der Waals surface area contributed by atoms with Gasteiger partial charge in [0.05, 0.1) is 11.1 Å². The maximum atomic E-state index is 13.7. The highest BCUT2D eigenvalue weighted by molar-refractivity contribution is 6.31. The number of esters is 2. The van der Waals surface area contributed by atoms with Crippen molar-refractivity contribution in [1.82, 2.24) is 4.90 Å². The summed E-state index contributed by atoms with van der Waals surface area (Å²) in [6.45, 7) is 4.37. The van der Waals surface area contributed by atoms with Crippen LogP contribution in [-0.4, -0.2) is 34.7 Å². The number of unbranched alkanes of at least 4 members (excludes halogenated alkanes) is 8. The average molecular weight is 478 g/mol. The van der Waals surface area contributed by atoms with E-state index in [1.165, 1.54) is 55.6 Å². The van der Waals surface area contributed by atoms with Crippen molar-refractivity contribution in [3.8, 4) is 0 Å². The number of nitrogens with zero attached hydrogens (tertiary/aromatic N) is 1. The summed E-state index contributed by atoms with van der Waals surface area (Å²) in [6, 6.07) is 6.12. The molecule has 2 amide bonds. The summed E-state index contributed by atoms with van der Waals surface area (Å²) in [5.41, 5.74) is 1.20. The third-order valence-electron chi connectivity index (χ3n) is 7.33. The maximum absolute atomic E-state index is 13.7. The molecular weight excluding hydrogens is 442 g/mol. The Morgan fingerprint density at radius 2 is 1.00 bits per heavy atom. The third-order valence-corrected chi connectivity index (χ3v) is 7.33. The van der Waals surface area contributed by atoms with Gasteiger partial charge in [0.1, 0.15) is 0 Å². The molecule has 2 heterocycles. The number of rotatable bonds is 13. The van der Waals surface area contributed by atoms with Gasteiger partial charge in [-0.3, -0.25) is 14.5 Å². The molecule has 0 atom stereocenters. The number of cyclic esters (lactones) is 2. The van der Waals surface area contributed by atoms with Crippen LogP contribution in [0.4, 0.5) is 0 Å².